The Kier molecular flexibility index (Phi) is 7.19. The van der Waals surface area contributed by atoms with Crippen molar-refractivity contribution in [3.05, 3.63) is 119 Å². The number of anilines is 1. The van der Waals surface area contributed by atoms with Crippen molar-refractivity contribution >= 4 is 49.8 Å². The van der Waals surface area contributed by atoms with Crippen molar-refractivity contribution in [2.75, 3.05) is 4.31 Å². The zero-order valence-corrected chi connectivity index (χ0v) is 22.3. The molecule has 4 aromatic carbocycles. The average Bonchev–Trinajstić information content (AvgIpc) is 3.27. The number of aromatic hydroxyl groups is 1. The molecule has 8 nitrogen and oxygen atoms in total. The predicted molar refractivity (Wildman–Crippen MR) is 151 cm³/mol. The van der Waals surface area contributed by atoms with Crippen molar-refractivity contribution in [1.82, 2.24) is 4.98 Å². The van der Waals surface area contributed by atoms with Crippen molar-refractivity contribution in [1.29, 1.82) is 0 Å². The maximum atomic E-state index is 13.7. The van der Waals surface area contributed by atoms with Crippen LogP contribution < -0.4 is 4.31 Å². The predicted octanol–water partition coefficient (Wildman–Crippen LogP) is 7.15. The second-order valence-electron chi connectivity index (χ2n) is 8.78. The molecule has 0 saturated carbocycles. The van der Waals surface area contributed by atoms with Gasteiger partial charge in [-0.05, 0) is 60.5 Å². The average molecular weight is 559 g/mol. The van der Waals surface area contributed by atoms with Gasteiger partial charge in [-0.15, -0.1) is 10.2 Å². The number of H-pyrrole nitrogens is 1. The highest BCUT2D eigenvalue weighted by Crippen LogP contribution is 2.35. The Morgan fingerprint density at radius 1 is 0.923 bits per heavy atom. The summed E-state index contributed by atoms with van der Waals surface area (Å²) in [5.74, 6) is -0.787. The number of para-hydroxylation sites is 1. The number of nitrogens with zero attached hydrogens (tertiary/aromatic N) is 3. The third-order valence-corrected chi connectivity index (χ3v) is 8.45. The number of aromatic nitrogens is 1. The SMILES string of the molecule is Cc1c(Cl)cccc1N(Cc1ccc(C(=O)N=Nc2c(O)[nH]c3ccccc23)cc1)S(=O)(=O)c1ccccc1. The van der Waals surface area contributed by atoms with Gasteiger partial charge >= 0.3 is 0 Å². The minimum absolute atomic E-state index is 0.0115. The molecule has 0 saturated heterocycles. The van der Waals surface area contributed by atoms with Gasteiger partial charge in [-0.1, -0.05) is 66.2 Å². The lowest BCUT2D eigenvalue weighted by molar-refractivity contribution is 0.0995. The molecule has 0 aliphatic heterocycles. The first-order chi connectivity index (χ1) is 18.8. The number of fused-ring (bicyclic) bond motifs is 1. The standard InChI is InChI=1S/C29H23ClN4O4S/c1-19-24(30)11-7-13-26(19)34(39(37,38)22-8-3-2-4-9-22)18-20-14-16-21(17-15-20)28(35)33-32-27-23-10-5-6-12-25(23)31-29(27)36/h2-17,31,36H,18H2,1H3. The van der Waals surface area contributed by atoms with Crippen LogP contribution in [0.25, 0.3) is 10.9 Å². The fourth-order valence-electron chi connectivity index (χ4n) is 4.17. The molecule has 0 unspecified atom stereocenters. The molecule has 0 radical (unpaired) electrons. The van der Waals surface area contributed by atoms with Crippen molar-refractivity contribution in [3.63, 3.8) is 0 Å². The summed E-state index contributed by atoms with van der Waals surface area (Å²) in [6, 6.07) is 26.9. The summed E-state index contributed by atoms with van der Waals surface area (Å²) in [6.45, 7) is 1.78. The lowest BCUT2D eigenvalue weighted by Crippen LogP contribution is -2.31. The van der Waals surface area contributed by atoms with Crippen molar-refractivity contribution in [3.8, 4) is 5.88 Å². The van der Waals surface area contributed by atoms with Gasteiger partial charge in [0.05, 0.1) is 22.6 Å². The summed E-state index contributed by atoms with van der Waals surface area (Å²) >= 11 is 6.33. The van der Waals surface area contributed by atoms with E-state index < -0.39 is 15.9 Å². The minimum Gasteiger partial charge on any atom is -0.493 e. The molecule has 10 heteroatoms. The first-order valence-electron chi connectivity index (χ1n) is 11.9. The van der Waals surface area contributed by atoms with Crippen LogP contribution in [0.4, 0.5) is 11.4 Å². The van der Waals surface area contributed by atoms with Crippen LogP contribution in [0, 0.1) is 6.92 Å². The number of nitrogens with one attached hydrogen (secondary N) is 1. The normalized spacial score (nSPS) is 11.7. The van der Waals surface area contributed by atoms with E-state index >= 15 is 0 Å². The van der Waals surface area contributed by atoms with Gasteiger partial charge in [0.1, 0.15) is 0 Å². The molecule has 1 heterocycles. The number of hydrogen-bond acceptors (Lipinski definition) is 5. The number of hydrogen-bond donors (Lipinski definition) is 2. The van der Waals surface area contributed by atoms with Gasteiger partial charge in [-0.3, -0.25) is 9.10 Å². The second-order valence-corrected chi connectivity index (χ2v) is 11.0. The van der Waals surface area contributed by atoms with E-state index in [9.17, 15) is 18.3 Å². The van der Waals surface area contributed by atoms with E-state index in [0.29, 0.717) is 32.7 Å². The molecule has 196 valence electrons. The summed E-state index contributed by atoms with van der Waals surface area (Å²) < 4.78 is 28.7. The number of aromatic amines is 1. The van der Waals surface area contributed by atoms with Crippen molar-refractivity contribution in [2.45, 2.75) is 18.4 Å². The monoisotopic (exact) mass is 558 g/mol. The molecule has 1 amide bonds. The van der Waals surface area contributed by atoms with E-state index in [-0.39, 0.29) is 28.6 Å². The third kappa shape index (κ3) is 5.27. The van der Waals surface area contributed by atoms with E-state index in [1.54, 1.807) is 97.9 Å². The van der Waals surface area contributed by atoms with Crippen molar-refractivity contribution in [2.24, 2.45) is 10.2 Å². The second kappa shape index (κ2) is 10.7. The molecule has 5 aromatic rings. The molecular weight excluding hydrogens is 536 g/mol. The summed E-state index contributed by atoms with van der Waals surface area (Å²) in [5.41, 5.74) is 2.85. The Hall–Kier alpha value is -4.47. The van der Waals surface area contributed by atoms with Gasteiger partial charge in [0.25, 0.3) is 15.9 Å². The topological polar surface area (TPSA) is 115 Å². The highest BCUT2D eigenvalue weighted by atomic mass is 35.5. The number of azo groups is 1. The highest BCUT2D eigenvalue weighted by Gasteiger charge is 2.27. The van der Waals surface area contributed by atoms with Gasteiger partial charge < -0.3 is 10.1 Å². The Morgan fingerprint density at radius 2 is 1.62 bits per heavy atom. The lowest BCUT2D eigenvalue weighted by atomic mass is 10.1. The number of sulfonamides is 1. The Morgan fingerprint density at radius 3 is 2.36 bits per heavy atom. The molecule has 0 aliphatic rings. The third-order valence-electron chi connectivity index (χ3n) is 6.27. The van der Waals surface area contributed by atoms with Crippen LogP contribution >= 0.6 is 11.6 Å². The molecule has 0 atom stereocenters. The molecule has 0 spiro atoms. The van der Waals surface area contributed by atoms with Crippen LogP contribution in [0.2, 0.25) is 5.02 Å². The Labute approximate surface area is 230 Å². The van der Waals surface area contributed by atoms with E-state index in [1.165, 1.54) is 4.31 Å². The van der Waals surface area contributed by atoms with Crippen LogP contribution in [-0.2, 0) is 16.6 Å². The van der Waals surface area contributed by atoms with Crippen LogP contribution in [0.15, 0.2) is 112 Å². The molecule has 2 N–H and O–H groups in total. The van der Waals surface area contributed by atoms with Gasteiger partial charge in [-0.25, -0.2) is 8.42 Å². The summed E-state index contributed by atoms with van der Waals surface area (Å²) in [5, 5.41) is 19.0. The quantitative estimate of drug-likeness (QED) is 0.206. The molecule has 39 heavy (non-hydrogen) atoms. The number of carbonyl (C=O) groups is 1. The van der Waals surface area contributed by atoms with E-state index in [0.717, 1.165) is 0 Å². The minimum atomic E-state index is -3.93. The molecular formula is C29H23ClN4O4S. The Bertz CT molecular complexity index is 1800. The van der Waals surface area contributed by atoms with E-state index in [4.69, 9.17) is 11.6 Å². The molecule has 0 fully saturated rings. The summed E-state index contributed by atoms with van der Waals surface area (Å²) in [7, 11) is -3.93. The van der Waals surface area contributed by atoms with Crippen LogP contribution in [0.3, 0.4) is 0 Å². The molecule has 5 rings (SSSR count). The van der Waals surface area contributed by atoms with Gasteiger partial charge in [0.2, 0.25) is 5.88 Å². The zero-order chi connectivity index (χ0) is 27.6. The largest absolute Gasteiger partial charge is 0.493 e. The van der Waals surface area contributed by atoms with Gasteiger partial charge in [-0.2, -0.15) is 0 Å². The summed E-state index contributed by atoms with van der Waals surface area (Å²) in [6.07, 6.45) is 0. The van der Waals surface area contributed by atoms with Crippen molar-refractivity contribution < 1.29 is 18.3 Å². The summed E-state index contributed by atoms with van der Waals surface area (Å²) in [4.78, 5) is 15.6. The molecule has 0 bridgehead atoms. The highest BCUT2D eigenvalue weighted by molar-refractivity contribution is 7.92. The number of carbonyl (C=O) groups excluding carboxylic acids is 1. The first kappa shape index (κ1) is 26.1. The smallest absolute Gasteiger partial charge is 0.295 e. The zero-order valence-electron chi connectivity index (χ0n) is 20.7. The number of rotatable bonds is 7. The lowest BCUT2D eigenvalue weighted by Gasteiger charge is -2.26. The first-order valence-corrected chi connectivity index (χ1v) is 13.7. The van der Waals surface area contributed by atoms with Crippen LogP contribution in [0.5, 0.6) is 5.88 Å². The number of halogens is 1. The molecule has 0 aliphatic carbocycles. The maximum absolute atomic E-state index is 13.7. The fraction of sp³-hybridized carbons (Fsp3) is 0.0690. The van der Waals surface area contributed by atoms with E-state index in [2.05, 4.69) is 15.2 Å². The van der Waals surface area contributed by atoms with Crippen LogP contribution in [0.1, 0.15) is 21.5 Å². The molecule has 1 aromatic heterocycles. The number of amides is 1. The van der Waals surface area contributed by atoms with Gasteiger partial charge in [0, 0.05) is 16.0 Å². The Balaban J connectivity index is 1.42. The fourth-order valence-corrected chi connectivity index (χ4v) is 5.87. The van der Waals surface area contributed by atoms with E-state index in [1.807, 2.05) is 6.07 Å². The number of benzene rings is 4. The maximum Gasteiger partial charge on any atom is 0.295 e. The van der Waals surface area contributed by atoms with Gasteiger partial charge in [0.15, 0.2) is 5.69 Å². The van der Waals surface area contributed by atoms with Crippen LogP contribution in [-0.4, -0.2) is 24.4 Å².